The van der Waals surface area contributed by atoms with Gasteiger partial charge in [-0.1, -0.05) is 13.8 Å². The molecule has 2 heterocycles. The molecule has 5 heteroatoms. The number of ether oxygens (including phenoxy) is 1. The molecule has 2 N–H and O–H groups in total. The summed E-state index contributed by atoms with van der Waals surface area (Å²) in [5, 5.41) is 6.94. The van der Waals surface area contributed by atoms with E-state index in [0.717, 1.165) is 37.7 Å². The Morgan fingerprint density at radius 2 is 2.33 bits per heavy atom. The number of guanidine groups is 1. The Morgan fingerprint density at radius 1 is 1.48 bits per heavy atom. The predicted octanol–water partition coefficient (Wildman–Crippen LogP) is 1.80. The number of furan rings is 1. The van der Waals surface area contributed by atoms with E-state index in [2.05, 4.69) is 29.5 Å². The van der Waals surface area contributed by atoms with E-state index in [1.54, 1.807) is 6.26 Å². The Morgan fingerprint density at radius 3 is 3.05 bits per heavy atom. The lowest BCUT2D eigenvalue weighted by atomic mass is 9.57. The van der Waals surface area contributed by atoms with Crippen LogP contribution in [0.4, 0.5) is 0 Å². The molecular formula is C16H25N3O2. The van der Waals surface area contributed by atoms with Crippen molar-refractivity contribution in [2.75, 3.05) is 20.2 Å². The molecule has 0 aromatic carbocycles. The van der Waals surface area contributed by atoms with E-state index in [1.165, 1.54) is 0 Å². The second-order valence-electron chi connectivity index (χ2n) is 6.52. The summed E-state index contributed by atoms with van der Waals surface area (Å²) in [6.45, 7) is 6.24. The Balaban J connectivity index is 1.51. The summed E-state index contributed by atoms with van der Waals surface area (Å²) < 4.78 is 11.2. The van der Waals surface area contributed by atoms with Crippen molar-refractivity contribution < 1.29 is 9.15 Å². The maximum absolute atomic E-state index is 5.83. The number of hydrogen-bond donors (Lipinski definition) is 2. The first kappa shape index (κ1) is 14.4. The Labute approximate surface area is 126 Å². The van der Waals surface area contributed by atoms with Crippen molar-refractivity contribution in [1.29, 1.82) is 0 Å². The number of hydrogen-bond acceptors (Lipinski definition) is 3. The second-order valence-corrected chi connectivity index (χ2v) is 6.52. The minimum absolute atomic E-state index is 0.166. The molecule has 21 heavy (non-hydrogen) atoms. The number of rotatable bonds is 4. The highest BCUT2D eigenvalue weighted by Crippen LogP contribution is 2.51. The van der Waals surface area contributed by atoms with Gasteiger partial charge in [0.15, 0.2) is 5.96 Å². The Bertz CT molecular complexity index is 496. The zero-order valence-electron chi connectivity index (χ0n) is 13.1. The predicted molar refractivity (Wildman–Crippen MR) is 82.3 cm³/mol. The van der Waals surface area contributed by atoms with Gasteiger partial charge in [0.1, 0.15) is 5.76 Å². The van der Waals surface area contributed by atoms with Gasteiger partial charge < -0.3 is 19.8 Å². The molecule has 0 spiro atoms. The zero-order valence-corrected chi connectivity index (χ0v) is 13.1. The molecule has 1 saturated carbocycles. The van der Waals surface area contributed by atoms with Crippen molar-refractivity contribution in [1.82, 2.24) is 10.6 Å². The fourth-order valence-electron chi connectivity index (χ4n) is 3.72. The molecule has 1 aromatic heterocycles. The third-order valence-corrected chi connectivity index (χ3v) is 4.86. The lowest BCUT2D eigenvalue weighted by molar-refractivity contribution is -0.106. The first-order chi connectivity index (χ1) is 10.1. The third-order valence-electron chi connectivity index (χ3n) is 4.86. The maximum atomic E-state index is 5.83. The quantitative estimate of drug-likeness (QED) is 0.656. The summed E-state index contributed by atoms with van der Waals surface area (Å²) in [6, 6.07) is 4.34. The summed E-state index contributed by atoms with van der Waals surface area (Å²) in [5.74, 6) is 2.47. The lowest BCUT2D eigenvalue weighted by Gasteiger charge is -2.54. The molecule has 1 aromatic rings. The molecule has 116 valence electrons. The molecule has 3 unspecified atom stereocenters. The van der Waals surface area contributed by atoms with Gasteiger partial charge in [-0.15, -0.1) is 0 Å². The van der Waals surface area contributed by atoms with E-state index < -0.39 is 0 Å². The van der Waals surface area contributed by atoms with Crippen molar-refractivity contribution in [3.8, 4) is 0 Å². The SMILES string of the molecule is CN=C(NCCc1ccco1)NC1C2CCOC2C1(C)C. The van der Waals surface area contributed by atoms with Gasteiger partial charge in [-0.25, -0.2) is 0 Å². The summed E-state index contributed by atoms with van der Waals surface area (Å²) in [6.07, 6.45) is 4.11. The Kier molecular flexibility index (Phi) is 3.93. The van der Waals surface area contributed by atoms with Crippen LogP contribution < -0.4 is 10.6 Å². The molecule has 2 aliphatic rings. The van der Waals surface area contributed by atoms with Crippen LogP contribution in [0.5, 0.6) is 0 Å². The molecule has 3 atom stereocenters. The van der Waals surface area contributed by atoms with Crippen LogP contribution in [0, 0.1) is 11.3 Å². The molecule has 0 radical (unpaired) electrons. The fourth-order valence-corrected chi connectivity index (χ4v) is 3.72. The maximum Gasteiger partial charge on any atom is 0.191 e. The summed E-state index contributed by atoms with van der Waals surface area (Å²) in [4.78, 5) is 4.33. The van der Waals surface area contributed by atoms with Crippen molar-refractivity contribution in [2.24, 2.45) is 16.3 Å². The van der Waals surface area contributed by atoms with Gasteiger partial charge in [-0.05, 0) is 18.6 Å². The van der Waals surface area contributed by atoms with E-state index in [9.17, 15) is 0 Å². The first-order valence-electron chi connectivity index (χ1n) is 7.74. The lowest BCUT2D eigenvalue weighted by Crippen LogP contribution is -2.68. The molecule has 0 amide bonds. The molecule has 5 nitrogen and oxygen atoms in total. The highest BCUT2D eigenvalue weighted by molar-refractivity contribution is 5.80. The summed E-state index contributed by atoms with van der Waals surface area (Å²) >= 11 is 0. The van der Waals surface area contributed by atoms with Crippen LogP contribution in [-0.4, -0.2) is 38.3 Å². The Hall–Kier alpha value is -1.49. The van der Waals surface area contributed by atoms with Crippen LogP contribution in [0.1, 0.15) is 26.0 Å². The highest BCUT2D eigenvalue weighted by atomic mass is 16.5. The summed E-state index contributed by atoms with van der Waals surface area (Å²) in [7, 11) is 1.82. The topological polar surface area (TPSA) is 58.8 Å². The molecular weight excluding hydrogens is 266 g/mol. The van der Waals surface area contributed by atoms with E-state index in [-0.39, 0.29) is 5.41 Å². The molecule has 2 fully saturated rings. The third kappa shape index (κ3) is 2.67. The van der Waals surface area contributed by atoms with Gasteiger partial charge in [-0.2, -0.15) is 0 Å². The normalized spacial score (nSPS) is 30.6. The highest BCUT2D eigenvalue weighted by Gasteiger charge is 2.59. The molecule has 1 saturated heterocycles. The number of nitrogens with one attached hydrogen (secondary N) is 2. The van der Waals surface area contributed by atoms with Gasteiger partial charge in [0, 0.05) is 44.0 Å². The zero-order chi connectivity index (χ0) is 14.9. The van der Waals surface area contributed by atoms with Gasteiger partial charge in [0.25, 0.3) is 0 Å². The molecule has 1 aliphatic heterocycles. The van der Waals surface area contributed by atoms with Gasteiger partial charge in [0.2, 0.25) is 0 Å². The average molecular weight is 291 g/mol. The van der Waals surface area contributed by atoms with Crippen LogP contribution in [0.25, 0.3) is 0 Å². The van der Waals surface area contributed by atoms with Gasteiger partial charge >= 0.3 is 0 Å². The van der Waals surface area contributed by atoms with Crippen LogP contribution in [0.15, 0.2) is 27.8 Å². The van der Waals surface area contributed by atoms with E-state index in [4.69, 9.17) is 9.15 Å². The number of nitrogens with zero attached hydrogens (tertiary/aromatic N) is 1. The van der Waals surface area contributed by atoms with Crippen LogP contribution >= 0.6 is 0 Å². The number of fused-ring (bicyclic) bond motifs is 1. The van der Waals surface area contributed by atoms with E-state index in [0.29, 0.717) is 18.1 Å². The second kappa shape index (κ2) is 5.72. The van der Waals surface area contributed by atoms with E-state index in [1.807, 2.05) is 19.2 Å². The molecule has 0 bridgehead atoms. The van der Waals surface area contributed by atoms with Crippen LogP contribution in [0.3, 0.4) is 0 Å². The first-order valence-corrected chi connectivity index (χ1v) is 7.74. The van der Waals surface area contributed by atoms with Crippen LogP contribution in [-0.2, 0) is 11.2 Å². The van der Waals surface area contributed by atoms with Crippen molar-refractivity contribution in [3.63, 3.8) is 0 Å². The minimum atomic E-state index is 0.166. The molecule has 3 rings (SSSR count). The van der Waals surface area contributed by atoms with E-state index >= 15 is 0 Å². The van der Waals surface area contributed by atoms with Gasteiger partial charge in [0.05, 0.1) is 12.4 Å². The summed E-state index contributed by atoms with van der Waals surface area (Å²) in [5.41, 5.74) is 0.166. The molecule has 1 aliphatic carbocycles. The average Bonchev–Trinajstić information content (AvgIpc) is 3.12. The van der Waals surface area contributed by atoms with Crippen LogP contribution in [0.2, 0.25) is 0 Å². The fraction of sp³-hybridized carbons (Fsp3) is 0.688. The van der Waals surface area contributed by atoms with Crippen molar-refractivity contribution >= 4 is 5.96 Å². The minimum Gasteiger partial charge on any atom is -0.469 e. The van der Waals surface area contributed by atoms with Gasteiger partial charge in [-0.3, -0.25) is 4.99 Å². The number of aliphatic imine (C=N–C) groups is 1. The van der Waals surface area contributed by atoms with Crippen molar-refractivity contribution in [2.45, 2.75) is 38.8 Å². The smallest absolute Gasteiger partial charge is 0.191 e. The monoisotopic (exact) mass is 291 g/mol. The standard InChI is InChI=1S/C16H25N3O2/c1-16(2)13(12-7-10-21-14(12)16)19-15(17-3)18-8-6-11-5-4-9-20-11/h4-5,9,12-14H,6-8,10H2,1-3H3,(H2,17,18,19). The largest absolute Gasteiger partial charge is 0.469 e. The van der Waals surface area contributed by atoms with Crippen molar-refractivity contribution in [3.05, 3.63) is 24.2 Å².